The van der Waals surface area contributed by atoms with E-state index in [1.54, 1.807) is 12.1 Å². The number of rotatable bonds is 4. The molecule has 1 aromatic carbocycles. The second-order valence-electron chi connectivity index (χ2n) is 4.21. The molecule has 0 unspecified atom stereocenters. The fraction of sp³-hybridized carbons (Fsp3) is 0.231. The van der Waals surface area contributed by atoms with Gasteiger partial charge in [-0.3, -0.25) is 0 Å². The van der Waals surface area contributed by atoms with Crippen molar-refractivity contribution in [2.24, 2.45) is 0 Å². The van der Waals surface area contributed by atoms with Gasteiger partial charge in [-0.25, -0.2) is 9.37 Å². The summed E-state index contributed by atoms with van der Waals surface area (Å²) in [5.41, 5.74) is 6.06. The highest BCUT2D eigenvalue weighted by molar-refractivity contribution is 5.64. The molecule has 0 radical (unpaired) electrons. The molecule has 0 aliphatic heterocycles. The van der Waals surface area contributed by atoms with Crippen molar-refractivity contribution in [3.05, 3.63) is 36.3 Å². The Labute approximate surface area is 110 Å². The molecule has 3 N–H and O–H groups in total. The Hall–Kier alpha value is -2.37. The summed E-state index contributed by atoms with van der Waals surface area (Å²) in [4.78, 5) is 7.39. The van der Waals surface area contributed by atoms with Crippen molar-refractivity contribution in [1.29, 1.82) is 0 Å². The summed E-state index contributed by atoms with van der Waals surface area (Å²) in [5, 5.41) is 2.86. The van der Waals surface area contributed by atoms with E-state index >= 15 is 0 Å². The number of benzene rings is 1. The summed E-state index contributed by atoms with van der Waals surface area (Å²) >= 11 is 0. The van der Waals surface area contributed by atoms with E-state index < -0.39 is 5.82 Å². The van der Waals surface area contributed by atoms with Gasteiger partial charge >= 0.3 is 0 Å². The molecule has 2 aromatic rings. The van der Waals surface area contributed by atoms with Crippen LogP contribution in [-0.4, -0.2) is 16.1 Å². The number of halogens is 1. The zero-order valence-electron chi connectivity index (χ0n) is 10.7. The Kier molecular flexibility index (Phi) is 3.79. The first-order valence-corrected chi connectivity index (χ1v) is 5.87. The van der Waals surface area contributed by atoms with Gasteiger partial charge in [0.1, 0.15) is 5.75 Å². The van der Waals surface area contributed by atoms with E-state index in [0.29, 0.717) is 11.4 Å². The second-order valence-corrected chi connectivity index (χ2v) is 4.21. The molecule has 6 heteroatoms. The fourth-order valence-electron chi connectivity index (χ4n) is 1.52. The van der Waals surface area contributed by atoms with Gasteiger partial charge < -0.3 is 15.8 Å². The normalized spacial score (nSPS) is 10.5. The SMILES string of the molecule is CC(C)Oc1ccccc1Nc1nc(N)ncc1F. The molecular weight excluding hydrogens is 247 g/mol. The predicted molar refractivity (Wildman–Crippen MR) is 71.9 cm³/mol. The molecule has 0 bridgehead atoms. The lowest BCUT2D eigenvalue weighted by Crippen LogP contribution is -2.08. The molecule has 0 aliphatic rings. The van der Waals surface area contributed by atoms with E-state index in [4.69, 9.17) is 10.5 Å². The average Bonchev–Trinajstić information content (AvgIpc) is 2.35. The lowest BCUT2D eigenvalue weighted by atomic mass is 10.3. The molecule has 0 amide bonds. The molecule has 0 atom stereocenters. The fourth-order valence-corrected chi connectivity index (χ4v) is 1.52. The molecule has 19 heavy (non-hydrogen) atoms. The molecule has 2 rings (SSSR count). The lowest BCUT2D eigenvalue weighted by Gasteiger charge is -2.15. The van der Waals surface area contributed by atoms with Gasteiger partial charge in [-0.2, -0.15) is 4.98 Å². The van der Waals surface area contributed by atoms with Crippen LogP contribution in [0.15, 0.2) is 30.5 Å². The van der Waals surface area contributed by atoms with E-state index in [9.17, 15) is 4.39 Å². The number of anilines is 3. The maximum atomic E-state index is 13.6. The first kappa shape index (κ1) is 13.1. The van der Waals surface area contributed by atoms with Crippen molar-refractivity contribution in [1.82, 2.24) is 9.97 Å². The number of para-hydroxylation sites is 2. The smallest absolute Gasteiger partial charge is 0.222 e. The quantitative estimate of drug-likeness (QED) is 0.886. The summed E-state index contributed by atoms with van der Waals surface area (Å²) < 4.78 is 19.2. The van der Waals surface area contributed by atoms with Crippen LogP contribution in [0.1, 0.15) is 13.8 Å². The Morgan fingerprint density at radius 1 is 1.32 bits per heavy atom. The molecule has 0 saturated carbocycles. The first-order chi connectivity index (χ1) is 9.06. The van der Waals surface area contributed by atoms with Crippen LogP contribution in [-0.2, 0) is 0 Å². The third-order valence-electron chi connectivity index (χ3n) is 2.27. The summed E-state index contributed by atoms with van der Waals surface area (Å²) in [6, 6.07) is 7.23. The zero-order chi connectivity index (χ0) is 13.8. The van der Waals surface area contributed by atoms with E-state index in [0.717, 1.165) is 6.20 Å². The minimum absolute atomic E-state index is 0.00570. The lowest BCUT2D eigenvalue weighted by molar-refractivity contribution is 0.244. The van der Waals surface area contributed by atoms with Crippen molar-refractivity contribution in [3.8, 4) is 5.75 Å². The van der Waals surface area contributed by atoms with Gasteiger partial charge in [0.05, 0.1) is 18.0 Å². The first-order valence-electron chi connectivity index (χ1n) is 5.87. The topological polar surface area (TPSA) is 73.1 Å². The van der Waals surface area contributed by atoms with E-state index in [-0.39, 0.29) is 17.9 Å². The molecule has 1 aromatic heterocycles. The summed E-state index contributed by atoms with van der Waals surface area (Å²) in [6.45, 7) is 3.83. The summed E-state index contributed by atoms with van der Waals surface area (Å²) in [6.07, 6.45) is 1.04. The predicted octanol–water partition coefficient (Wildman–Crippen LogP) is 2.73. The van der Waals surface area contributed by atoms with E-state index in [1.165, 1.54) is 0 Å². The second kappa shape index (κ2) is 5.51. The number of ether oxygens (including phenoxy) is 1. The van der Waals surface area contributed by atoms with E-state index in [1.807, 2.05) is 26.0 Å². The van der Waals surface area contributed by atoms with Crippen molar-refractivity contribution in [2.75, 3.05) is 11.1 Å². The van der Waals surface area contributed by atoms with Gasteiger partial charge in [-0.1, -0.05) is 12.1 Å². The van der Waals surface area contributed by atoms with Crippen LogP contribution in [0.3, 0.4) is 0 Å². The minimum Gasteiger partial charge on any atom is -0.489 e. The number of hydrogen-bond donors (Lipinski definition) is 2. The van der Waals surface area contributed by atoms with Crippen LogP contribution >= 0.6 is 0 Å². The number of nitrogens with zero attached hydrogens (tertiary/aromatic N) is 2. The monoisotopic (exact) mass is 262 g/mol. The molecule has 1 heterocycles. The standard InChI is InChI=1S/C13H15FN4O/c1-8(2)19-11-6-4-3-5-10(11)17-12-9(14)7-16-13(15)18-12/h3-8H,1-2H3,(H3,15,16,17,18). The van der Waals surface area contributed by atoms with Crippen LogP contribution in [0.5, 0.6) is 5.75 Å². The number of aromatic nitrogens is 2. The molecule has 100 valence electrons. The Morgan fingerprint density at radius 3 is 2.79 bits per heavy atom. The van der Waals surface area contributed by atoms with Gasteiger partial charge in [0.25, 0.3) is 0 Å². The Morgan fingerprint density at radius 2 is 2.05 bits per heavy atom. The highest BCUT2D eigenvalue weighted by atomic mass is 19.1. The molecule has 0 spiro atoms. The van der Waals surface area contributed by atoms with Crippen LogP contribution in [0.2, 0.25) is 0 Å². The van der Waals surface area contributed by atoms with Gasteiger partial charge in [-0.05, 0) is 26.0 Å². The zero-order valence-corrected chi connectivity index (χ0v) is 10.7. The third-order valence-corrected chi connectivity index (χ3v) is 2.27. The largest absolute Gasteiger partial charge is 0.489 e. The molecule has 0 aliphatic carbocycles. The Balaban J connectivity index is 2.30. The maximum Gasteiger partial charge on any atom is 0.222 e. The molecule has 0 fully saturated rings. The van der Waals surface area contributed by atoms with Crippen LogP contribution < -0.4 is 15.8 Å². The molecule has 0 saturated heterocycles. The summed E-state index contributed by atoms with van der Waals surface area (Å²) in [7, 11) is 0. The van der Waals surface area contributed by atoms with Crippen molar-refractivity contribution in [2.45, 2.75) is 20.0 Å². The van der Waals surface area contributed by atoms with Gasteiger partial charge in [0.15, 0.2) is 11.6 Å². The molecule has 5 nitrogen and oxygen atoms in total. The van der Waals surface area contributed by atoms with Crippen LogP contribution in [0.25, 0.3) is 0 Å². The number of nitrogens with two attached hydrogens (primary N) is 1. The Bertz CT molecular complexity index is 574. The van der Waals surface area contributed by atoms with Crippen molar-refractivity contribution < 1.29 is 9.13 Å². The van der Waals surface area contributed by atoms with Gasteiger partial charge in [0.2, 0.25) is 5.95 Å². The van der Waals surface area contributed by atoms with Crippen molar-refractivity contribution in [3.63, 3.8) is 0 Å². The molecular formula is C13H15FN4O. The average molecular weight is 262 g/mol. The van der Waals surface area contributed by atoms with Crippen molar-refractivity contribution >= 4 is 17.5 Å². The van der Waals surface area contributed by atoms with Gasteiger partial charge in [-0.15, -0.1) is 0 Å². The summed E-state index contributed by atoms with van der Waals surface area (Å²) in [5.74, 6) is 0.0705. The van der Waals surface area contributed by atoms with Crippen LogP contribution in [0.4, 0.5) is 21.8 Å². The number of nitrogens with one attached hydrogen (secondary N) is 1. The highest BCUT2D eigenvalue weighted by Crippen LogP contribution is 2.28. The van der Waals surface area contributed by atoms with Crippen LogP contribution in [0, 0.1) is 5.82 Å². The highest BCUT2D eigenvalue weighted by Gasteiger charge is 2.10. The number of nitrogen functional groups attached to an aromatic ring is 1. The van der Waals surface area contributed by atoms with E-state index in [2.05, 4.69) is 15.3 Å². The minimum atomic E-state index is -0.575. The number of hydrogen-bond acceptors (Lipinski definition) is 5. The third kappa shape index (κ3) is 3.31. The van der Waals surface area contributed by atoms with Gasteiger partial charge in [0, 0.05) is 0 Å². The maximum absolute atomic E-state index is 13.6.